The molecule has 2 heterocycles. The highest BCUT2D eigenvalue weighted by Gasteiger charge is 2.35. The van der Waals surface area contributed by atoms with Crippen molar-refractivity contribution in [1.29, 1.82) is 0 Å². The van der Waals surface area contributed by atoms with Gasteiger partial charge in [-0.2, -0.15) is 0 Å². The number of hydrogen-bond donors (Lipinski definition) is 0. The molecule has 0 bridgehead atoms. The Morgan fingerprint density at radius 1 is 1.25 bits per heavy atom. The Labute approximate surface area is 99.7 Å². The van der Waals surface area contributed by atoms with E-state index in [1.165, 1.54) is 11.8 Å². The van der Waals surface area contributed by atoms with Crippen LogP contribution in [-0.4, -0.2) is 47.5 Å². The molecule has 90 valence electrons. The zero-order valence-corrected chi connectivity index (χ0v) is 10.3. The first-order valence-electron chi connectivity index (χ1n) is 5.70. The summed E-state index contributed by atoms with van der Waals surface area (Å²) in [7, 11) is 0. The Bertz CT molecular complexity index is 283. The van der Waals surface area contributed by atoms with Crippen LogP contribution in [0.5, 0.6) is 0 Å². The lowest BCUT2D eigenvalue weighted by Gasteiger charge is -2.40. The number of thioether (sulfide) groups is 1. The van der Waals surface area contributed by atoms with Gasteiger partial charge in [0, 0.05) is 44.4 Å². The van der Waals surface area contributed by atoms with E-state index >= 15 is 0 Å². The summed E-state index contributed by atoms with van der Waals surface area (Å²) in [4.78, 5) is 24.7. The number of ether oxygens (including phenoxy) is 1. The zero-order valence-electron chi connectivity index (χ0n) is 9.48. The van der Waals surface area contributed by atoms with Crippen molar-refractivity contribution in [3.05, 3.63) is 0 Å². The van der Waals surface area contributed by atoms with Crippen molar-refractivity contribution in [1.82, 2.24) is 4.90 Å². The van der Waals surface area contributed by atoms with Gasteiger partial charge in [0.05, 0.1) is 0 Å². The summed E-state index contributed by atoms with van der Waals surface area (Å²) < 4.78 is 5.24. The van der Waals surface area contributed by atoms with Gasteiger partial charge in [-0.15, -0.1) is 0 Å². The van der Waals surface area contributed by atoms with Crippen LogP contribution < -0.4 is 0 Å². The average Bonchev–Trinajstić information content (AvgIpc) is 2.23. The highest BCUT2D eigenvalue weighted by Crippen LogP contribution is 2.26. The van der Waals surface area contributed by atoms with Crippen LogP contribution in [0.15, 0.2) is 0 Å². The van der Waals surface area contributed by atoms with Crippen LogP contribution >= 0.6 is 11.8 Å². The molecule has 0 atom stereocenters. The van der Waals surface area contributed by atoms with Gasteiger partial charge in [0.15, 0.2) is 5.12 Å². The smallest absolute Gasteiger partial charge is 0.225 e. The predicted molar refractivity (Wildman–Crippen MR) is 62.2 cm³/mol. The van der Waals surface area contributed by atoms with Crippen molar-refractivity contribution in [2.45, 2.75) is 25.0 Å². The molecule has 0 saturated carbocycles. The van der Waals surface area contributed by atoms with E-state index in [1.54, 1.807) is 6.92 Å². The average molecular weight is 243 g/mol. The van der Waals surface area contributed by atoms with Gasteiger partial charge in [-0.25, -0.2) is 0 Å². The van der Waals surface area contributed by atoms with Crippen LogP contribution in [0, 0.1) is 5.92 Å². The zero-order chi connectivity index (χ0) is 11.5. The van der Waals surface area contributed by atoms with Gasteiger partial charge in [0.2, 0.25) is 5.91 Å². The minimum absolute atomic E-state index is 0.142. The quantitative estimate of drug-likeness (QED) is 0.723. The minimum Gasteiger partial charge on any atom is -0.381 e. The summed E-state index contributed by atoms with van der Waals surface area (Å²) in [6.45, 7) is 4.46. The van der Waals surface area contributed by atoms with Crippen molar-refractivity contribution >= 4 is 22.8 Å². The van der Waals surface area contributed by atoms with E-state index in [4.69, 9.17) is 4.74 Å². The number of carbonyl (C=O) groups is 2. The van der Waals surface area contributed by atoms with Crippen LogP contribution in [0.25, 0.3) is 0 Å². The summed E-state index contributed by atoms with van der Waals surface area (Å²) in [6.07, 6.45) is 1.69. The van der Waals surface area contributed by atoms with Gasteiger partial charge in [-0.05, 0) is 12.8 Å². The molecule has 2 aliphatic heterocycles. The predicted octanol–water partition coefficient (Wildman–Crippen LogP) is 0.904. The van der Waals surface area contributed by atoms with Crippen LogP contribution in [0.1, 0.15) is 19.8 Å². The third-order valence-corrected chi connectivity index (χ3v) is 4.03. The van der Waals surface area contributed by atoms with Gasteiger partial charge >= 0.3 is 0 Å². The molecule has 0 unspecified atom stereocenters. The fraction of sp³-hybridized carbons (Fsp3) is 0.818. The summed E-state index contributed by atoms with van der Waals surface area (Å²) in [5, 5.41) is 0.462. The lowest BCUT2D eigenvalue weighted by molar-refractivity contribution is -0.141. The molecule has 0 aromatic carbocycles. The van der Waals surface area contributed by atoms with Crippen molar-refractivity contribution in [2.75, 3.05) is 26.3 Å². The van der Waals surface area contributed by atoms with E-state index in [9.17, 15) is 9.59 Å². The highest BCUT2D eigenvalue weighted by atomic mass is 32.2. The Kier molecular flexibility index (Phi) is 3.86. The first-order chi connectivity index (χ1) is 7.66. The first-order valence-corrected chi connectivity index (χ1v) is 6.58. The molecule has 0 N–H and O–H groups in total. The van der Waals surface area contributed by atoms with Gasteiger partial charge in [-0.1, -0.05) is 11.8 Å². The van der Waals surface area contributed by atoms with Crippen LogP contribution in [0.2, 0.25) is 0 Å². The Balaban J connectivity index is 1.74. The number of nitrogens with zero attached hydrogens (tertiary/aromatic N) is 1. The maximum Gasteiger partial charge on any atom is 0.225 e. The lowest BCUT2D eigenvalue weighted by Crippen LogP contribution is -2.54. The third kappa shape index (κ3) is 2.77. The Morgan fingerprint density at radius 2 is 1.88 bits per heavy atom. The molecule has 5 heteroatoms. The second kappa shape index (κ2) is 5.19. The van der Waals surface area contributed by atoms with Gasteiger partial charge in [0.1, 0.15) is 0 Å². The maximum absolute atomic E-state index is 12.0. The SMILES string of the molecule is CC(=O)SC1CN(C(=O)C2CCOCC2)C1. The molecule has 16 heavy (non-hydrogen) atoms. The molecular weight excluding hydrogens is 226 g/mol. The van der Waals surface area contributed by atoms with E-state index in [0.29, 0.717) is 18.5 Å². The Hall–Kier alpha value is -0.550. The fourth-order valence-corrected chi connectivity index (χ4v) is 3.11. The van der Waals surface area contributed by atoms with E-state index in [1.807, 2.05) is 4.90 Å². The molecule has 0 aliphatic carbocycles. The fourth-order valence-electron chi connectivity index (χ4n) is 2.13. The molecule has 0 radical (unpaired) electrons. The van der Waals surface area contributed by atoms with Gasteiger partial charge in [0.25, 0.3) is 0 Å². The molecular formula is C11H17NO3S. The molecule has 2 saturated heterocycles. The minimum atomic E-state index is 0.142. The summed E-state index contributed by atoms with van der Waals surface area (Å²) in [6, 6.07) is 0. The number of hydrogen-bond acceptors (Lipinski definition) is 4. The second-order valence-corrected chi connectivity index (χ2v) is 5.84. The molecule has 0 spiro atoms. The summed E-state index contributed by atoms with van der Waals surface area (Å²) in [5.74, 6) is 0.403. The maximum atomic E-state index is 12.0. The van der Waals surface area contributed by atoms with E-state index in [0.717, 1.165) is 25.9 Å². The third-order valence-electron chi connectivity index (χ3n) is 3.06. The Morgan fingerprint density at radius 3 is 2.44 bits per heavy atom. The first kappa shape index (κ1) is 11.9. The van der Waals surface area contributed by atoms with Gasteiger partial charge in [-0.3, -0.25) is 9.59 Å². The molecule has 0 aromatic heterocycles. The molecule has 2 rings (SSSR count). The van der Waals surface area contributed by atoms with E-state index in [-0.39, 0.29) is 16.9 Å². The van der Waals surface area contributed by atoms with Crippen LogP contribution in [0.4, 0.5) is 0 Å². The molecule has 0 aromatic rings. The van der Waals surface area contributed by atoms with E-state index < -0.39 is 0 Å². The molecule has 1 amide bonds. The van der Waals surface area contributed by atoms with Crippen LogP contribution in [-0.2, 0) is 14.3 Å². The molecule has 4 nitrogen and oxygen atoms in total. The van der Waals surface area contributed by atoms with Gasteiger partial charge < -0.3 is 9.64 Å². The highest BCUT2D eigenvalue weighted by molar-refractivity contribution is 8.14. The number of carbonyl (C=O) groups excluding carboxylic acids is 2. The molecule has 2 fully saturated rings. The largest absolute Gasteiger partial charge is 0.381 e. The van der Waals surface area contributed by atoms with Crippen LogP contribution in [0.3, 0.4) is 0 Å². The number of rotatable bonds is 2. The summed E-state index contributed by atoms with van der Waals surface area (Å²) >= 11 is 1.35. The summed E-state index contributed by atoms with van der Waals surface area (Å²) in [5.41, 5.74) is 0. The van der Waals surface area contributed by atoms with E-state index in [2.05, 4.69) is 0 Å². The topological polar surface area (TPSA) is 46.6 Å². The molecule has 2 aliphatic rings. The number of amides is 1. The standard InChI is InChI=1S/C11H17NO3S/c1-8(13)16-10-6-12(7-10)11(14)9-2-4-15-5-3-9/h9-10H,2-7H2,1H3. The van der Waals surface area contributed by atoms with Crippen molar-refractivity contribution in [3.63, 3.8) is 0 Å². The normalized spacial score (nSPS) is 22.9. The second-order valence-electron chi connectivity index (χ2n) is 4.36. The van der Waals surface area contributed by atoms with Crippen molar-refractivity contribution in [2.24, 2.45) is 5.92 Å². The van der Waals surface area contributed by atoms with Crippen molar-refractivity contribution < 1.29 is 14.3 Å². The lowest BCUT2D eigenvalue weighted by atomic mass is 9.97. The monoisotopic (exact) mass is 243 g/mol. The van der Waals surface area contributed by atoms with Crippen molar-refractivity contribution in [3.8, 4) is 0 Å². The number of likely N-dealkylation sites (tertiary alicyclic amines) is 1.